The molecule has 9 heteroatoms. The van der Waals surface area contributed by atoms with Gasteiger partial charge in [0.05, 0.1) is 12.3 Å². The third-order valence-corrected chi connectivity index (χ3v) is 2.22. The van der Waals surface area contributed by atoms with Crippen molar-refractivity contribution in [2.75, 3.05) is 25.6 Å². The lowest BCUT2D eigenvalue weighted by atomic mass is 10.2. The Morgan fingerprint density at radius 3 is 2.57 bits per heavy atom. The topological polar surface area (TPSA) is 73.6 Å². The highest BCUT2D eigenvalue weighted by Gasteiger charge is 2.29. The van der Waals surface area contributed by atoms with Gasteiger partial charge in [-0.25, -0.2) is 0 Å². The summed E-state index contributed by atoms with van der Waals surface area (Å²) in [5.41, 5.74) is 5.63. The molecule has 1 atom stereocenters. The Balaban J connectivity index is 0.00000400. The number of para-hydroxylation sites is 2. The number of ether oxygens (including phenoxy) is 2. The van der Waals surface area contributed by atoms with Crippen molar-refractivity contribution in [1.29, 1.82) is 0 Å². The van der Waals surface area contributed by atoms with Crippen LogP contribution in [-0.2, 0) is 9.53 Å². The number of halogens is 4. The maximum Gasteiger partial charge on any atom is 0.422 e. The minimum atomic E-state index is -4.45. The van der Waals surface area contributed by atoms with E-state index in [0.717, 1.165) is 0 Å². The summed E-state index contributed by atoms with van der Waals surface area (Å²) in [6.45, 7) is -1.44. The molecule has 1 aromatic rings. The number of methoxy groups -OCH3 is 1. The van der Waals surface area contributed by atoms with Crippen molar-refractivity contribution in [1.82, 2.24) is 0 Å². The molecule has 1 amide bonds. The highest BCUT2D eigenvalue weighted by Crippen LogP contribution is 2.26. The van der Waals surface area contributed by atoms with Gasteiger partial charge in [-0.2, -0.15) is 13.2 Å². The average Bonchev–Trinajstić information content (AvgIpc) is 2.37. The van der Waals surface area contributed by atoms with Gasteiger partial charge in [-0.1, -0.05) is 12.1 Å². The van der Waals surface area contributed by atoms with Crippen LogP contribution in [-0.4, -0.2) is 38.4 Å². The highest BCUT2D eigenvalue weighted by molar-refractivity contribution is 5.96. The minimum absolute atomic E-state index is 0. The summed E-state index contributed by atoms with van der Waals surface area (Å²) in [7, 11) is 1.38. The molecule has 0 bridgehead atoms. The summed E-state index contributed by atoms with van der Waals surface area (Å²) in [5.74, 6) is -0.655. The summed E-state index contributed by atoms with van der Waals surface area (Å²) < 4.78 is 45.7. The van der Waals surface area contributed by atoms with Crippen LogP contribution >= 0.6 is 12.4 Å². The molecule has 1 unspecified atom stereocenters. The monoisotopic (exact) mass is 328 g/mol. The number of amides is 1. The molecular weight excluding hydrogens is 313 g/mol. The first-order valence-corrected chi connectivity index (χ1v) is 5.67. The molecule has 0 saturated carbocycles. The summed E-state index contributed by atoms with van der Waals surface area (Å²) in [6.07, 6.45) is -4.45. The fraction of sp³-hybridized carbons (Fsp3) is 0.417. The van der Waals surface area contributed by atoms with E-state index in [1.165, 1.54) is 25.3 Å². The van der Waals surface area contributed by atoms with Crippen molar-refractivity contribution in [3.63, 3.8) is 0 Å². The zero-order chi connectivity index (χ0) is 15.2. The van der Waals surface area contributed by atoms with Gasteiger partial charge in [-0.15, -0.1) is 12.4 Å². The SMILES string of the molecule is COCC(N)C(=O)Nc1ccccc1OCC(F)(F)F.Cl. The molecule has 21 heavy (non-hydrogen) atoms. The predicted octanol–water partition coefficient (Wildman–Crippen LogP) is 1.96. The number of nitrogens with two attached hydrogens (primary N) is 1. The molecule has 0 fully saturated rings. The second-order valence-electron chi connectivity index (χ2n) is 3.95. The van der Waals surface area contributed by atoms with Crippen molar-refractivity contribution >= 4 is 24.0 Å². The highest BCUT2D eigenvalue weighted by atomic mass is 35.5. The smallest absolute Gasteiger partial charge is 0.422 e. The molecular formula is C12H16ClF3N2O3. The van der Waals surface area contributed by atoms with Crippen molar-refractivity contribution < 1.29 is 27.4 Å². The Bertz CT molecular complexity index is 458. The van der Waals surface area contributed by atoms with Crippen LogP contribution < -0.4 is 15.8 Å². The molecule has 1 aromatic carbocycles. The van der Waals surface area contributed by atoms with Gasteiger partial charge in [0.15, 0.2) is 6.61 Å². The Labute approximate surface area is 126 Å². The van der Waals surface area contributed by atoms with Crippen LogP contribution in [0.2, 0.25) is 0 Å². The number of hydrogen-bond acceptors (Lipinski definition) is 4. The lowest BCUT2D eigenvalue weighted by molar-refractivity contribution is -0.153. The van der Waals surface area contributed by atoms with E-state index < -0.39 is 24.7 Å². The summed E-state index contributed by atoms with van der Waals surface area (Å²) in [4.78, 5) is 11.7. The van der Waals surface area contributed by atoms with E-state index >= 15 is 0 Å². The summed E-state index contributed by atoms with van der Waals surface area (Å²) in [5, 5.41) is 2.40. The zero-order valence-electron chi connectivity index (χ0n) is 11.1. The maximum atomic E-state index is 12.1. The third-order valence-electron chi connectivity index (χ3n) is 2.22. The maximum absolute atomic E-state index is 12.1. The molecule has 5 nitrogen and oxygen atoms in total. The largest absolute Gasteiger partial charge is 0.482 e. The number of anilines is 1. The molecule has 0 aliphatic carbocycles. The molecule has 0 heterocycles. The van der Waals surface area contributed by atoms with Gasteiger partial charge in [-0.3, -0.25) is 4.79 Å². The van der Waals surface area contributed by atoms with Crippen LogP contribution in [0.5, 0.6) is 5.75 Å². The third kappa shape index (κ3) is 7.16. The fourth-order valence-electron chi connectivity index (χ4n) is 1.34. The number of alkyl halides is 3. The van der Waals surface area contributed by atoms with E-state index in [-0.39, 0.29) is 30.5 Å². The van der Waals surface area contributed by atoms with Gasteiger partial charge in [0.25, 0.3) is 0 Å². The standard InChI is InChI=1S/C12H15F3N2O3.ClH/c1-19-6-8(16)11(18)17-9-4-2-3-5-10(9)20-7-12(13,14)15;/h2-5,8H,6-7,16H2,1H3,(H,17,18);1H. The van der Waals surface area contributed by atoms with Gasteiger partial charge in [0.2, 0.25) is 5.91 Å². The van der Waals surface area contributed by atoms with Crippen LogP contribution in [0.25, 0.3) is 0 Å². The Morgan fingerprint density at radius 1 is 1.38 bits per heavy atom. The Kier molecular flexibility index (Phi) is 8.08. The van der Waals surface area contributed by atoms with Gasteiger partial charge in [0, 0.05) is 7.11 Å². The van der Waals surface area contributed by atoms with E-state index in [2.05, 4.69) is 10.1 Å². The molecule has 0 saturated heterocycles. The first-order valence-electron chi connectivity index (χ1n) is 5.67. The number of carbonyl (C=O) groups is 1. The van der Waals surface area contributed by atoms with Crippen LogP contribution in [0, 0.1) is 0 Å². The lowest BCUT2D eigenvalue weighted by Crippen LogP contribution is -2.39. The van der Waals surface area contributed by atoms with Gasteiger partial charge in [0.1, 0.15) is 11.8 Å². The first-order chi connectivity index (χ1) is 9.33. The quantitative estimate of drug-likeness (QED) is 0.837. The number of carbonyl (C=O) groups excluding carboxylic acids is 1. The normalized spacial score (nSPS) is 12.2. The molecule has 0 aliphatic heterocycles. The van der Waals surface area contributed by atoms with Crippen molar-refractivity contribution in [2.45, 2.75) is 12.2 Å². The second-order valence-corrected chi connectivity index (χ2v) is 3.95. The van der Waals surface area contributed by atoms with Crippen molar-refractivity contribution in [3.8, 4) is 5.75 Å². The molecule has 0 radical (unpaired) electrons. The molecule has 3 N–H and O–H groups in total. The van der Waals surface area contributed by atoms with E-state index in [4.69, 9.17) is 10.5 Å². The van der Waals surface area contributed by atoms with Crippen LogP contribution in [0.4, 0.5) is 18.9 Å². The molecule has 0 aliphatic rings. The second kappa shape index (κ2) is 8.71. The Hall–Kier alpha value is -1.51. The first kappa shape index (κ1) is 19.5. The average molecular weight is 329 g/mol. The lowest BCUT2D eigenvalue weighted by Gasteiger charge is -2.15. The summed E-state index contributed by atoms with van der Waals surface area (Å²) in [6, 6.07) is 4.87. The zero-order valence-corrected chi connectivity index (χ0v) is 12.0. The van der Waals surface area contributed by atoms with E-state index in [0.29, 0.717) is 0 Å². The van der Waals surface area contributed by atoms with E-state index in [9.17, 15) is 18.0 Å². The molecule has 0 aromatic heterocycles. The van der Waals surface area contributed by atoms with Crippen LogP contribution in [0.3, 0.4) is 0 Å². The molecule has 120 valence electrons. The Morgan fingerprint density at radius 2 is 2.00 bits per heavy atom. The fourth-order valence-corrected chi connectivity index (χ4v) is 1.34. The molecule has 0 spiro atoms. The number of benzene rings is 1. The number of hydrogen-bond donors (Lipinski definition) is 2. The number of rotatable bonds is 6. The van der Waals surface area contributed by atoms with E-state index in [1.807, 2.05) is 0 Å². The van der Waals surface area contributed by atoms with Crippen LogP contribution in [0.15, 0.2) is 24.3 Å². The van der Waals surface area contributed by atoms with Crippen LogP contribution in [0.1, 0.15) is 0 Å². The van der Waals surface area contributed by atoms with Gasteiger partial charge >= 0.3 is 6.18 Å². The number of nitrogens with one attached hydrogen (secondary N) is 1. The minimum Gasteiger partial charge on any atom is -0.482 e. The summed E-state index contributed by atoms with van der Waals surface area (Å²) >= 11 is 0. The van der Waals surface area contributed by atoms with Gasteiger partial charge < -0.3 is 20.5 Å². The van der Waals surface area contributed by atoms with Crippen molar-refractivity contribution in [2.24, 2.45) is 5.73 Å². The van der Waals surface area contributed by atoms with Crippen molar-refractivity contribution in [3.05, 3.63) is 24.3 Å². The van der Waals surface area contributed by atoms with Gasteiger partial charge in [-0.05, 0) is 12.1 Å². The van der Waals surface area contributed by atoms with E-state index in [1.54, 1.807) is 6.07 Å². The predicted molar refractivity (Wildman–Crippen MR) is 73.7 cm³/mol. The molecule has 1 rings (SSSR count).